The van der Waals surface area contributed by atoms with Crippen molar-refractivity contribution in [1.82, 2.24) is 0 Å². The molecule has 2 rings (SSSR count). The standard InChI is InChI=1S/C22H30FNO2/c1-15(9-12-22(25)26-3)19(17-7-5-4-6-8-17)14-21(24)18-10-11-20(23)16(2)13-18/h10-11,13-15,17,24H,4-9,12H2,1-3H3. The first-order valence-electron chi connectivity index (χ1n) is 9.55. The lowest BCUT2D eigenvalue weighted by atomic mass is 9.77. The molecule has 1 aliphatic rings. The number of aryl methyl sites for hydroxylation is 1. The maximum absolute atomic E-state index is 13.5. The van der Waals surface area contributed by atoms with Crippen LogP contribution in [-0.2, 0) is 9.53 Å². The van der Waals surface area contributed by atoms with E-state index in [0.29, 0.717) is 23.6 Å². The van der Waals surface area contributed by atoms with Crippen LogP contribution >= 0.6 is 0 Å². The fourth-order valence-electron chi connectivity index (χ4n) is 3.76. The summed E-state index contributed by atoms with van der Waals surface area (Å²) in [5, 5.41) is 8.50. The number of esters is 1. The molecule has 0 aliphatic heterocycles. The molecule has 26 heavy (non-hydrogen) atoms. The van der Waals surface area contributed by atoms with Crippen LogP contribution in [0.25, 0.3) is 0 Å². The zero-order chi connectivity index (χ0) is 19.1. The Hall–Kier alpha value is -1.97. The number of carbonyl (C=O) groups excluding carboxylic acids is 1. The highest BCUT2D eigenvalue weighted by Gasteiger charge is 2.23. The van der Waals surface area contributed by atoms with Gasteiger partial charge in [-0.2, -0.15) is 0 Å². The van der Waals surface area contributed by atoms with Crippen molar-refractivity contribution in [1.29, 1.82) is 5.41 Å². The van der Waals surface area contributed by atoms with Gasteiger partial charge in [-0.3, -0.25) is 4.79 Å². The quantitative estimate of drug-likeness (QED) is 0.509. The van der Waals surface area contributed by atoms with Crippen LogP contribution in [-0.4, -0.2) is 18.8 Å². The molecular formula is C22H30FNO2. The molecule has 4 heteroatoms. The van der Waals surface area contributed by atoms with Gasteiger partial charge in [-0.05, 0) is 73.4 Å². The van der Waals surface area contributed by atoms with Gasteiger partial charge in [-0.15, -0.1) is 0 Å². The molecule has 0 radical (unpaired) electrons. The first-order chi connectivity index (χ1) is 12.4. The van der Waals surface area contributed by atoms with Crippen LogP contribution in [0.3, 0.4) is 0 Å². The summed E-state index contributed by atoms with van der Waals surface area (Å²) in [4.78, 5) is 11.5. The molecule has 0 aromatic heterocycles. The van der Waals surface area contributed by atoms with E-state index in [-0.39, 0.29) is 17.7 Å². The Kier molecular flexibility index (Phi) is 7.55. The highest BCUT2D eigenvalue weighted by molar-refractivity contribution is 6.07. The predicted octanol–water partition coefficient (Wildman–Crippen LogP) is 5.60. The summed E-state index contributed by atoms with van der Waals surface area (Å²) in [6.45, 7) is 3.85. The Labute approximate surface area is 156 Å². The van der Waals surface area contributed by atoms with Gasteiger partial charge in [0.05, 0.1) is 12.8 Å². The van der Waals surface area contributed by atoms with E-state index in [1.165, 1.54) is 38.0 Å². The number of hydrogen-bond donors (Lipinski definition) is 1. The second-order valence-corrected chi connectivity index (χ2v) is 7.37. The van der Waals surface area contributed by atoms with Crippen molar-refractivity contribution in [2.75, 3.05) is 7.11 Å². The Morgan fingerprint density at radius 2 is 2.04 bits per heavy atom. The minimum Gasteiger partial charge on any atom is -0.469 e. The van der Waals surface area contributed by atoms with Gasteiger partial charge in [0.1, 0.15) is 5.82 Å². The minimum atomic E-state index is -0.246. The van der Waals surface area contributed by atoms with Crippen molar-refractivity contribution in [3.05, 3.63) is 46.8 Å². The molecule has 1 fully saturated rings. The summed E-state index contributed by atoms with van der Waals surface area (Å²) in [5.74, 6) is 0.256. The normalized spacial score (nSPS) is 17.0. The van der Waals surface area contributed by atoms with E-state index in [1.54, 1.807) is 19.1 Å². The van der Waals surface area contributed by atoms with Crippen molar-refractivity contribution in [3.63, 3.8) is 0 Å². The smallest absolute Gasteiger partial charge is 0.305 e. The van der Waals surface area contributed by atoms with Crippen molar-refractivity contribution >= 4 is 11.7 Å². The average Bonchev–Trinajstić information content (AvgIpc) is 2.66. The van der Waals surface area contributed by atoms with E-state index in [4.69, 9.17) is 10.1 Å². The number of hydrogen-bond acceptors (Lipinski definition) is 3. The van der Waals surface area contributed by atoms with Crippen LogP contribution in [0, 0.1) is 30.0 Å². The summed E-state index contributed by atoms with van der Waals surface area (Å²) in [6, 6.07) is 4.82. The largest absolute Gasteiger partial charge is 0.469 e. The van der Waals surface area contributed by atoms with E-state index in [1.807, 2.05) is 6.08 Å². The van der Waals surface area contributed by atoms with E-state index in [2.05, 4.69) is 6.92 Å². The van der Waals surface area contributed by atoms with Crippen LogP contribution in [0.4, 0.5) is 4.39 Å². The monoisotopic (exact) mass is 359 g/mol. The Morgan fingerprint density at radius 1 is 1.35 bits per heavy atom. The van der Waals surface area contributed by atoms with Gasteiger partial charge in [0.2, 0.25) is 0 Å². The summed E-state index contributed by atoms with van der Waals surface area (Å²) in [5.41, 5.74) is 2.95. The first kappa shape index (κ1) is 20.3. The molecule has 0 amide bonds. The minimum absolute atomic E-state index is 0.191. The van der Waals surface area contributed by atoms with Crippen LogP contribution in [0.2, 0.25) is 0 Å². The molecule has 1 aliphatic carbocycles. The second kappa shape index (κ2) is 9.65. The lowest BCUT2D eigenvalue weighted by Crippen LogP contribution is -2.17. The van der Waals surface area contributed by atoms with Crippen LogP contribution in [0.5, 0.6) is 0 Å². The number of ether oxygens (including phenoxy) is 1. The number of allylic oxidation sites excluding steroid dienone is 2. The molecule has 1 N–H and O–H groups in total. The van der Waals surface area contributed by atoms with E-state index >= 15 is 0 Å². The summed E-state index contributed by atoms with van der Waals surface area (Å²) < 4.78 is 18.3. The topological polar surface area (TPSA) is 50.2 Å². The van der Waals surface area contributed by atoms with Gasteiger partial charge in [0.15, 0.2) is 0 Å². The Morgan fingerprint density at radius 3 is 2.65 bits per heavy atom. The number of nitrogens with one attached hydrogen (secondary N) is 1. The van der Waals surface area contributed by atoms with Gasteiger partial charge < -0.3 is 10.1 Å². The molecule has 1 unspecified atom stereocenters. The van der Waals surface area contributed by atoms with E-state index < -0.39 is 0 Å². The number of halogens is 1. The SMILES string of the molecule is COC(=O)CCC(C)C(=CC(=N)c1ccc(F)c(C)c1)C1CCCCC1. The average molecular weight is 359 g/mol. The van der Waals surface area contributed by atoms with E-state index in [9.17, 15) is 9.18 Å². The maximum Gasteiger partial charge on any atom is 0.305 e. The molecule has 0 spiro atoms. The van der Waals surface area contributed by atoms with Gasteiger partial charge in [0, 0.05) is 6.42 Å². The predicted molar refractivity (Wildman–Crippen MR) is 103 cm³/mol. The molecule has 142 valence electrons. The maximum atomic E-state index is 13.5. The highest BCUT2D eigenvalue weighted by Crippen LogP contribution is 2.35. The van der Waals surface area contributed by atoms with Crippen molar-refractivity contribution in [3.8, 4) is 0 Å². The molecular weight excluding hydrogens is 329 g/mol. The molecule has 1 aromatic carbocycles. The van der Waals surface area contributed by atoms with Crippen LogP contribution in [0.1, 0.15) is 63.0 Å². The Balaban J connectivity index is 2.22. The fourth-order valence-corrected chi connectivity index (χ4v) is 3.76. The van der Waals surface area contributed by atoms with Gasteiger partial charge in [0.25, 0.3) is 0 Å². The third kappa shape index (κ3) is 5.52. The van der Waals surface area contributed by atoms with Crippen molar-refractivity contribution in [2.24, 2.45) is 11.8 Å². The van der Waals surface area contributed by atoms with Crippen molar-refractivity contribution in [2.45, 2.75) is 58.8 Å². The molecule has 1 saturated carbocycles. The number of rotatable bonds is 7. The van der Waals surface area contributed by atoms with Gasteiger partial charge in [-0.1, -0.05) is 31.8 Å². The summed E-state index contributed by atoms with van der Waals surface area (Å²) in [7, 11) is 1.41. The second-order valence-electron chi connectivity index (χ2n) is 7.37. The van der Waals surface area contributed by atoms with Crippen molar-refractivity contribution < 1.29 is 13.9 Å². The highest BCUT2D eigenvalue weighted by atomic mass is 19.1. The molecule has 0 saturated heterocycles. The fraction of sp³-hybridized carbons (Fsp3) is 0.545. The first-order valence-corrected chi connectivity index (χ1v) is 9.55. The van der Waals surface area contributed by atoms with Crippen LogP contribution in [0.15, 0.2) is 29.8 Å². The van der Waals surface area contributed by atoms with E-state index in [0.717, 1.165) is 24.8 Å². The van der Waals surface area contributed by atoms with Crippen LogP contribution < -0.4 is 0 Å². The van der Waals surface area contributed by atoms with Gasteiger partial charge >= 0.3 is 5.97 Å². The molecule has 0 heterocycles. The summed E-state index contributed by atoms with van der Waals surface area (Å²) in [6.07, 6.45) is 9.08. The zero-order valence-electron chi connectivity index (χ0n) is 16.1. The zero-order valence-corrected chi connectivity index (χ0v) is 16.1. The third-order valence-electron chi connectivity index (χ3n) is 5.43. The molecule has 3 nitrogen and oxygen atoms in total. The van der Waals surface area contributed by atoms with Gasteiger partial charge in [-0.25, -0.2) is 4.39 Å². The third-order valence-corrected chi connectivity index (χ3v) is 5.43. The number of carbonyl (C=O) groups is 1. The number of benzene rings is 1. The Bertz CT molecular complexity index is 675. The molecule has 1 atom stereocenters. The molecule has 1 aromatic rings. The number of methoxy groups -OCH3 is 1. The summed E-state index contributed by atoms with van der Waals surface area (Å²) >= 11 is 0. The lowest BCUT2D eigenvalue weighted by molar-refractivity contribution is -0.140. The molecule has 0 bridgehead atoms. The lowest BCUT2D eigenvalue weighted by Gasteiger charge is -2.28.